The van der Waals surface area contributed by atoms with Crippen LogP contribution >= 0.6 is 18.0 Å². The highest BCUT2D eigenvalue weighted by Gasteiger charge is 2.26. The Kier molecular flexibility index (Phi) is 9.73. The van der Waals surface area contributed by atoms with Crippen molar-refractivity contribution in [1.29, 1.82) is 0 Å². The summed E-state index contributed by atoms with van der Waals surface area (Å²) in [5, 5.41) is 0. The molecule has 1 aromatic carbocycles. The van der Waals surface area contributed by atoms with Crippen molar-refractivity contribution in [2.75, 3.05) is 12.8 Å². The van der Waals surface area contributed by atoms with E-state index in [1.165, 1.54) is 31.7 Å². The number of rotatable bonds is 11. The third-order valence-electron chi connectivity index (χ3n) is 5.67. The van der Waals surface area contributed by atoms with Crippen molar-refractivity contribution in [3.63, 3.8) is 0 Å². The highest BCUT2D eigenvalue weighted by atomic mass is 35.7. The highest BCUT2D eigenvalue weighted by molar-refractivity contribution is 7.84. The lowest BCUT2D eigenvalue weighted by Gasteiger charge is -2.29. The third kappa shape index (κ3) is 7.65. The minimum Gasteiger partial charge on any atom is -0.490 e. The summed E-state index contributed by atoms with van der Waals surface area (Å²) in [7, 11) is 0. The van der Waals surface area contributed by atoms with E-state index >= 15 is 0 Å². The summed E-state index contributed by atoms with van der Waals surface area (Å²) >= 11 is 5.27. The molecule has 1 aliphatic rings. The molecule has 1 atom stereocenters. The average Bonchev–Trinajstić information content (AvgIpc) is 2.65. The van der Waals surface area contributed by atoms with Gasteiger partial charge in [-0.25, -0.2) is 4.39 Å². The molecule has 0 spiro atoms. The molecule has 0 heterocycles. The molecule has 28 heavy (non-hydrogen) atoms. The normalized spacial score (nSPS) is 22.0. The maximum absolute atomic E-state index is 14.6. The molecule has 0 radical (unpaired) electrons. The summed E-state index contributed by atoms with van der Waals surface area (Å²) in [5.41, 5.74) is 0.459. The first-order chi connectivity index (χ1) is 13.3. The topological polar surface area (TPSA) is 46.5 Å². The van der Waals surface area contributed by atoms with E-state index in [0.29, 0.717) is 18.4 Å². The van der Waals surface area contributed by atoms with Gasteiger partial charge in [-0.15, -0.1) is 0 Å². The summed E-state index contributed by atoms with van der Waals surface area (Å²) in [6.07, 6.45) is 9.82. The molecular formula is C21H32ClF2O3P. The van der Waals surface area contributed by atoms with Gasteiger partial charge < -0.3 is 9.63 Å². The number of hydrogen-bond donors (Lipinski definition) is 1. The van der Waals surface area contributed by atoms with Crippen molar-refractivity contribution in [3.05, 3.63) is 29.3 Å². The minimum absolute atomic E-state index is 0.0190. The summed E-state index contributed by atoms with van der Waals surface area (Å²) < 4.78 is 45.3. The van der Waals surface area contributed by atoms with Crippen LogP contribution < -0.4 is 4.74 Å². The largest absolute Gasteiger partial charge is 0.490 e. The number of benzene rings is 1. The maximum Gasteiger partial charge on any atom is 0.287 e. The Balaban J connectivity index is 1.84. The SMILES string of the molecule is CCCCCC1CCC(c2ccc(OCCCCP(=O)(O)Cl)c(F)c2F)CC1. The van der Waals surface area contributed by atoms with Crippen LogP contribution in [-0.2, 0) is 4.57 Å². The van der Waals surface area contributed by atoms with Gasteiger partial charge in [0.1, 0.15) is 0 Å². The second-order valence-corrected chi connectivity index (χ2v) is 11.2. The van der Waals surface area contributed by atoms with Crippen molar-refractivity contribution < 1.29 is 23.0 Å². The van der Waals surface area contributed by atoms with Gasteiger partial charge in [-0.1, -0.05) is 38.7 Å². The van der Waals surface area contributed by atoms with E-state index in [1.54, 1.807) is 6.07 Å². The molecule has 3 nitrogen and oxygen atoms in total. The van der Waals surface area contributed by atoms with Crippen LogP contribution in [-0.4, -0.2) is 17.7 Å². The van der Waals surface area contributed by atoms with Crippen LogP contribution in [0.25, 0.3) is 0 Å². The lowest BCUT2D eigenvalue weighted by atomic mass is 9.77. The van der Waals surface area contributed by atoms with Crippen LogP contribution in [0, 0.1) is 17.6 Å². The number of halogens is 3. The minimum atomic E-state index is -3.55. The predicted molar refractivity (Wildman–Crippen MR) is 110 cm³/mol. The molecule has 160 valence electrons. The molecule has 1 aliphatic carbocycles. The van der Waals surface area contributed by atoms with E-state index in [-0.39, 0.29) is 24.4 Å². The van der Waals surface area contributed by atoms with Gasteiger partial charge in [0.15, 0.2) is 11.6 Å². The first kappa shape index (κ1) is 23.6. The summed E-state index contributed by atoms with van der Waals surface area (Å²) in [6.45, 7) is -1.20. The fourth-order valence-electron chi connectivity index (χ4n) is 4.01. The van der Waals surface area contributed by atoms with Crippen molar-refractivity contribution in [1.82, 2.24) is 0 Å². The molecule has 2 rings (SSSR count). The van der Waals surface area contributed by atoms with Crippen molar-refractivity contribution in [2.45, 2.75) is 77.0 Å². The fourth-order valence-corrected chi connectivity index (χ4v) is 4.98. The molecular weight excluding hydrogens is 405 g/mol. The van der Waals surface area contributed by atoms with Gasteiger partial charge in [0, 0.05) is 6.16 Å². The van der Waals surface area contributed by atoms with Gasteiger partial charge in [-0.2, -0.15) is 4.39 Å². The van der Waals surface area contributed by atoms with Crippen LogP contribution in [0.3, 0.4) is 0 Å². The van der Waals surface area contributed by atoms with E-state index in [0.717, 1.165) is 31.6 Å². The second kappa shape index (κ2) is 11.5. The molecule has 1 unspecified atom stereocenters. The molecule has 0 bridgehead atoms. The monoisotopic (exact) mass is 436 g/mol. The highest BCUT2D eigenvalue weighted by Crippen LogP contribution is 2.46. The first-order valence-corrected chi connectivity index (χ1v) is 13.2. The van der Waals surface area contributed by atoms with E-state index in [9.17, 15) is 13.3 Å². The zero-order chi connectivity index (χ0) is 20.6. The van der Waals surface area contributed by atoms with Crippen molar-refractivity contribution in [3.8, 4) is 5.75 Å². The van der Waals surface area contributed by atoms with Crippen LogP contribution in [0.5, 0.6) is 5.75 Å². The Labute approximate surface area is 172 Å². The molecule has 1 aromatic rings. The number of ether oxygens (including phenoxy) is 1. The standard InChI is InChI=1S/C21H32ClF2O3P/c1-2-3-4-7-16-8-10-17(11-9-16)18-12-13-19(21(24)20(18)23)27-14-5-6-15-28(22,25)26/h12-13,16-17H,2-11,14-15H2,1H3,(H,25,26). The number of hydrogen-bond acceptors (Lipinski definition) is 2. The van der Waals surface area contributed by atoms with Crippen LogP contribution in [0.4, 0.5) is 8.78 Å². The smallest absolute Gasteiger partial charge is 0.287 e. The molecule has 0 aliphatic heterocycles. The van der Waals surface area contributed by atoms with Gasteiger partial charge in [-0.05, 0) is 73.2 Å². The molecule has 0 saturated heterocycles. The summed E-state index contributed by atoms with van der Waals surface area (Å²) in [5.74, 6) is -1.04. The molecule has 1 saturated carbocycles. The lowest BCUT2D eigenvalue weighted by Crippen LogP contribution is -2.15. The Morgan fingerprint density at radius 3 is 2.46 bits per heavy atom. The Hall–Kier alpha value is -0.640. The predicted octanol–water partition coefficient (Wildman–Crippen LogP) is 7.40. The van der Waals surface area contributed by atoms with E-state index in [2.05, 4.69) is 6.92 Å². The van der Waals surface area contributed by atoms with Crippen LogP contribution in [0.1, 0.15) is 82.6 Å². The average molecular weight is 437 g/mol. The molecule has 7 heteroatoms. The Morgan fingerprint density at radius 1 is 1.11 bits per heavy atom. The Morgan fingerprint density at radius 2 is 1.82 bits per heavy atom. The Bertz CT molecular complexity index is 657. The molecule has 1 fully saturated rings. The second-order valence-electron chi connectivity index (χ2n) is 7.89. The van der Waals surface area contributed by atoms with E-state index < -0.39 is 18.4 Å². The van der Waals surface area contributed by atoms with Gasteiger partial charge in [0.2, 0.25) is 5.82 Å². The zero-order valence-corrected chi connectivity index (χ0v) is 18.3. The lowest BCUT2D eigenvalue weighted by molar-refractivity contribution is 0.281. The fraction of sp³-hybridized carbons (Fsp3) is 0.714. The van der Waals surface area contributed by atoms with Crippen LogP contribution in [0.2, 0.25) is 0 Å². The van der Waals surface area contributed by atoms with Gasteiger partial charge in [0.25, 0.3) is 6.72 Å². The van der Waals surface area contributed by atoms with Crippen molar-refractivity contribution in [2.24, 2.45) is 5.92 Å². The summed E-state index contributed by atoms with van der Waals surface area (Å²) in [6, 6.07) is 3.15. The first-order valence-electron chi connectivity index (χ1n) is 10.4. The van der Waals surface area contributed by atoms with Gasteiger partial charge >= 0.3 is 0 Å². The maximum atomic E-state index is 14.6. The third-order valence-corrected chi connectivity index (χ3v) is 7.04. The molecule has 0 aromatic heterocycles. The van der Waals surface area contributed by atoms with Gasteiger partial charge in [0.05, 0.1) is 6.61 Å². The molecule has 1 N–H and O–H groups in total. The van der Waals surface area contributed by atoms with E-state index in [1.807, 2.05) is 0 Å². The van der Waals surface area contributed by atoms with E-state index in [4.69, 9.17) is 20.9 Å². The number of unbranched alkanes of at least 4 members (excludes halogenated alkanes) is 3. The summed E-state index contributed by atoms with van der Waals surface area (Å²) in [4.78, 5) is 9.01. The quantitative estimate of drug-likeness (QED) is 0.290. The zero-order valence-electron chi connectivity index (χ0n) is 16.6. The van der Waals surface area contributed by atoms with Gasteiger partial charge in [-0.3, -0.25) is 4.57 Å². The molecule has 0 amide bonds. The van der Waals surface area contributed by atoms with Crippen molar-refractivity contribution >= 4 is 18.0 Å². The van der Waals surface area contributed by atoms with Crippen LogP contribution in [0.15, 0.2) is 12.1 Å².